The molecule has 0 aliphatic carbocycles. The van der Waals surface area contributed by atoms with Gasteiger partial charge in [-0.1, -0.05) is 26.0 Å². The number of nitrogens with zero attached hydrogens (tertiary/aromatic N) is 1. The second-order valence-corrected chi connectivity index (χ2v) is 4.18. The average Bonchev–Trinajstić information content (AvgIpc) is 2.35. The molecule has 1 nitrogen and oxygen atoms in total. The monoisotopic (exact) mass is 253 g/mol. The number of benzene rings is 1. The van der Waals surface area contributed by atoms with E-state index in [4.69, 9.17) is 0 Å². The van der Waals surface area contributed by atoms with Crippen molar-refractivity contribution < 1.29 is 13.2 Å². The Labute approximate surface area is 104 Å². The molecule has 96 valence electrons. The van der Waals surface area contributed by atoms with Crippen molar-refractivity contribution in [1.29, 1.82) is 0 Å². The number of hydrogen-bond donors (Lipinski definition) is 0. The summed E-state index contributed by atoms with van der Waals surface area (Å²) in [5, 5.41) is 0.601. The smallest absolute Gasteiger partial charge is 0.252 e. The summed E-state index contributed by atoms with van der Waals surface area (Å²) in [5.41, 5.74) is 1.05. The summed E-state index contributed by atoms with van der Waals surface area (Å²) in [6, 6.07) is 6.13. The number of para-hydroxylation sites is 1. The minimum atomic E-state index is -4.36. The van der Waals surface area contributed by atoms with E-state index in [1.807, 2.05) is 19.9 Å². The van der Waals surface area contributed by atoms with Gasteiger partial charge in [0.15, 0.2) is 0 Å². The van der Waals surface area contributed by atoms with Crippen molar-refractivity contribution in [3.8, 4) is 0 Å². The Kier molecular flexibility index (Phi) is 3.28. The third-order valence-electron chi connectivity index (χ3n) is 3.03. The molecule has 0 spiro atoms. The third kappa shape index (κ3) is 2.19. The summed E-state index contributed by atoms with van der Waals surface area (Å²) in [5.74, 6) is 0. The summed E-state index contributed by atoms with van der Waals surface area (Å²) in [6.45, 7) is 3.83. The fraction of sp³-hybridized carbons (Fsp3) is 0.357. The van der Waals surface area contributed by atoms with Crippen molar-refractivity contribution in [3.63, 3.8) is 0 Å². The van der Waals surface area contributed by atoms with E-state index in [2.05, 4.69) is 4.98 Å². The lowest BCUT2D eigenvalue weighted by Crippen LogP contribution is -2.08. The van der Waals surface area contributed by atoms with Gasteiger partial charge in [0.05, 0.1) is 11.1 Å². The van der Waals surface area contributed by atoms with Gasteiger partial charge in [0.1, 0.15) is 0 Å². The topological polar surface area (TPSA) is 12.9 Å². The Morgan fingerprint density at radius 2 is 1.83 bits per heavy atom. The number of hydrogen-bond acceptors (Lipinski definition) is 1. The van der Waals surface area contributed by atoms with E-state index in [-0.39, 0.29) is 5.52 Å². The van der Waals surface area contributed by atoms with E-state index in [1.165, 1.54) is 6.07 Å². The number of alkyl halides is 3. The maximum Gasteiger partial charge on any atom is 0.418 e. The number of aryl methyl sites for hydroxylation is 2. The highest BCUT2D eigenvalue weighted by atomic mass is 19.4. The van der Waals surface area contributed by atoms with Crippen LogP contribution in [0.15, 0.2) is 24.3 Å². The van der Waals surface area contributed by atoms with Gasteiger partial charge in [0.2, 0.25) is 0 Å². The van der Waals surface area contributed by atoms with Crippen molar-refractivity contribution in [3.05, 3.63) is 41.1 Å². The minimum Gasteiger partial charge on any atom is -0.252 e. The molecule has 2 rings (SSSR count). The van der Waals surface area contributed by atoms with Crippen LogP contribution in [0.4, 0.5) is 13.2 Å². The van der Waals surface area contributed by atoms with Crippen LogP contribution in [0, 0.1) is 0 Å². The molecular weight excluding hydrogens is 239 g/mol. The molecule has 1 aromatic carbocycles. The zero-order chi connectivity index (χ0) is 13.3. The molecule has 1 aromatic heterocycles. The molecule has 2 aromatic rings. The first-order valence-corrected chi connectivity index (χ1v) is 5.96. The van der Waals surface area contributed by atoms with Crippen LogP contribution in [0.2, 0.25) is 0 Å². The van der Waals surface area contributed by atoms with Crippen LogP contribution in [0.3, 0.4) is 0 Å². The fourth-order valence-corrected chi connectivity index (χ4v) is 2.08. The first-order valence-electron chi connectivity index (χ1n) is 5.96. The molecule has 0 aliphatic heterocycles. The van der Waals surface area contributed by atoms with Crippen LogP contribution in [-0.2, 0) is 19.0 Å². The highest BCUT2D eigenvalue weighted by Crippen LogP contribution is 2.35. The highest BCUT2D eigenvalue weighted by molar-refractivity contribution is 5.85. The summed E-state index contributed by atoms with van der Waals surface area (Å²) in [7, 11) is 0. The average molecular weight is 253 g/mol. The molecule has 0 saturated heterocycles. The molecule has 0 saturated carbocycles. The molecule has 0 N–H and O–H groups in total. The zero-order valence-electron chi connectivity index (χ0n) is 10.3. The normalized spacial score (nSPS) is 12.1. The van der Waals surface area contributed by atoms with E-state index in [9.17, 15) is 13.2 Å². The second-order valence-electron chi connectivity index (χ2n) is 4.18. The van der Waals surface area contributed by atoms with Crippen LogP contribution in [0.1, 0.15) is 30.7 Å². The Morgan fingerprint density at radius 3 is 2.39 bits per heavy atom. The Balaban J connectivity index is 2.83. The van der Waals surface area contributed by atoms with E-state index < -0.39 is 11.7 Å². The fourth-order valence-electron chi connectivity index (χ4n) is 2.08. The van der Waals surface area contributed by atoms with Crippen LogP contribution in [0.25, 0.3) is 10.9 Å². The van der Waals surface area contributed by atoms with Gasteiger partial charge in [0.25, 0.3) is 0 Å². The van der Waals surface area contributed by atoms with Gasteiger partial charge in [-0.3, -0.25) is 4.98 Å². The number of aromatic nitrogens is 1. The highest BCUT2D eigenvalue weighted by Gasteiger charge is 2.33. The van der Waals surface area contributed by atoms with Gasteiger partial charge >= 0.3 is 6.18 Å². The molecule has 0 fully saturated rings. The lowest BCUT2D eigenvalue weighted by atomic mass is 10.0. The van der Waals surface area contributed by atoms with Crippen LogP contribution in [-0.4, -0.2) is 4.98 Å². The number of rotatable bonds is 2. The van der Waals surface area contributed by atoms with Crippen molar-refractivity contribution in [2.24, 2.45) is 0 Å². The Hall–Kier alpha value is -1.58. The zero-order valence-corrected chi connectivity index (χ0v) is 10.3. The lowest BCUT2D eigenvalue weighted by molar-refractivity contribution is -0.136. The second kappa shape index (κ2) is 4.59. The quantitative estimate of drug-likeness (QED) is 0.774. The van der Waals surface area contributed by atoms with E-state index >= 15 is 0 Å². The molecule has 18 heavy (non-hydrogen) atoms. The van der Waals surface area contributed by atoms with Gasteiger partial charge in [0, 0.05) is 11.1 Å². The maximum absolute atomic E-state index is 12.9. The molecular formula is C14H14F3N. The van der Waals surface area contributed by atoms with Gasteiger partial charge < -0.3 is 0 Å². The summed E-state index contributed by atoms with van der Waals surface area (Å²) < 4.78 is 38.8. The first-order chi connectivity index (χ1) is 8.47. The van der Waals surface area contributed by atoms with Crippen LogP contribution < -0.4 is 0 Å². The first kappa shape index (κ1) is 12.9. The van der Waals surface area contributed by atoms with Gasteiger partial charge in [-0.25, -0.2) is 0 Å². The van der Waals surface area contributed by atoms with E-state index in [0.29, 0.717) is 23.9 Å². The van der Waals surface area contributed by atoms with Crippen LogP contribution >= 0.6 is 0 Å². The lowest BCUT2D eigenvalue weighted by Gasteiger charge is -2.13. The molecule has 0 amide bonds. The number of halogens is 3. The van der Waals surface area contributed by atoms with E-state index in [1.54, 1.807) is 6.07 Å². The molecule has 0 radical (unpaired) electrons. The van der Waals surface area contributed by atoms with Gasteiger partial charge in [-0.2, -0.15) is 13.2 Å². The van der Waals surface area contributed by atoms with E-state index in [0.717, 1.165) is 11.6 Å². The molecule has 4 heteroatoms. The van der Waals surface area contributed by atoms with Gasteiger partial charge in [-0.15, -0.1) is 0 Å². The summed E-state index contributed by atoms with van der Waals surface area (Å²) in [6.07, 6.45) is -3.02. The molecule has 1 heterocycles. The molecule has 0 atom stereocenters. The summed E-state index contributed by atoms with van der Waals surface area (Å²) >= 11 is 0. The van der Waals surface area contributed by atoms with Crippen molar-refractivity contribution in [1.82, 2.24) is 4.98 Å². The molecule has 0 unspecified atom stereocenters. The summed E-state index contributed by atoms with van der Waals surface area (Å²) in [4.78, 5) is 4.15. The predicted molar refractivity (Wildman–Crippen MR) is 65.5 cm³/mol. The third-order valence-corrected chi connectivity index (χ3v) is 3.03. The van der Waals surface area contributed by atoms with Crippen molar-refractivity contribution >= 4 is 10.9 Å². The minimum absolute atomic E-state index is 0.0706. The SMILES string of the molecule is CCc1cc(CC)c2cccc(C(F)(F)F)c2n1. The maximum atomic E-state index is 12.9. The standard InChI is InChI=1S/C14H14F3N/c1-3-9-8-10(4-2)18-13-11(9)6-5-7-12(13)14(15,16)17/h5-8H,3-4H2,1-2H3. The number of pyridine rings is 1. The number of fused-ring (bicyclic) bond motifs is 1. The van der Waals surface area contributed by atoms with Gasteiger partial charge in [-0.05, 0) is 30.5 Å². The Bertz CT molecular complexity index is 573. The van der Waals surface area contributed by atoms with Crippen molar-refractivity contribution in [2.75, 3.05) is 0 Å². The molecule has 0 bridgehead atoms. The van der Waals surface area contributed by atoms with Crippen LogP contribution in [0.5, 0.6) is 0 Å². The Morgan fingerprint density at radius 1 is 1.11 bits per heavy atom. The predicted octanol–water partition coefficient (Wildman–Crippen LogP) is 4.38. The van der Waals surface area contributed by atoms with Crippen molar-refractivity contribution in [2.45, 2.75) is 32.9 Å². The molecule has 0 aliphatic rings. The largest absolute Gasteiger partial charge is 0.418 e.